The van der Waals surface area contributed by atoms with Gasteiger partial charge in [-0.2, -0.15) is 0 Å². The third-order valence-corrected chi connectivity index (χ3v) is 2.90. The third-order valence-electron chi connectivity index (χ3n) is 2.90. The summed E-state index contributed by atoms with van der Waals surface area (Å²) in [5.41, 5.74) is 6.44. The van der Waals surface area contributed by atoms with E-state index < -0.39 is 0 Å². The first-order chi connectivity index (χ1) is 8.90. The van der Waals surface area contributed by atoms with Crippen molar-refractivity contribution in [2.24, 2.45) is 5.73 Å². The highest BCUT2D eigenvalue weighted by molar-refractivity contribution is 5.78. The van der Waals surface area contributed by atoms with Gasteiger partial charge in [0.15, 0.2) is 0 Å². The van der Waals surface area contributed by atoms with Crippen LogP contribution in [0.25, 0.3) is 10.9 Å². The van der Waals surface area contributed by atoms with E-state index in [1.807, 2.05) is 30.5 Å². The van der Waals surface area contributed by atoms with Crippen LogP contribution >= 0.6 is 0 Å². The summed E-state index contributed by atoms with van der Waals surface area (Å²) in [4.78, 5) is 8.77. The maximum atomic E-state index is 5.45. The molecular weight excluding hydrogens is 224 g/mol. The second-order valence-electron chi connectivity index (χ2n) is 4.38. The molecule has 96 valence electrons. The summed E-state index contributed by atoms with van der Waals surface area (Å²) in [5.74, 6) is 0.715. The van der Waals surface area contributed by atoms with Gasteiger partial charge in [-0.3, -0.25) is 0 Å². The fraction of sp³-hybridized carbons (Fsp3) is 0.429. The van der Waals surface area contributed by atoms with E-state index >= 15 is 0 Å². The Labute approximate surface area is 108 Å². The lowest BCUT2D eigenvalue weighted by molar-refractivity contribution is 0.660. The van der Waals surface area contributed by atoms with Crippen LogP contribution in [0.4, 0.5) is 5.95 Å². The number of unbranched alkanes of at least 4 members (excludes halogenated alkanes) is 3. The number of fused-ring (bicyclic) bond motifs is 1. The van der Waals surface area contributed by atoms with Crippen LogP contribution in [0.1, 0.15) is 25.7 Å². The van der Waals surface area contributed by atoms with Crippen LogP contribution in [0.5, 0.6) is 0 Å². The van der Waals surface area contributed by atoms with Crippen molar-refractivity contribution in [2.75, 3.05) is 18.4 Å². The highest BCUT2D eigenvalue weighted by Crippen LogP contribution is 2.11. The summed E-state index contributed by atoms with van der Waals surface area (Å²) in [6.45, 7) is 1.71. The van der Waals surface area contributed by atoms with E-state index in [1.165, 1.54) is 12.8 Å². The molecule has 3 N–H and O–H groups in total. The molecule has 1 heterocycles. The largest absolute Gasteiger partial charge is 0.354 e. The first-order valence-electron chi connectivity index (χ1n) is 6.56. The van der Waals surface area contributed by atoms with Gasteiger partial charge in [-0.25, -0.2) is 9.97 Å². The zero-order valence-corrected chi connectivity index (χ0v) is 10.6. The van der Waals surface area contributed by atoms with Crippen LogP contribution in [-0.2, 0) is 0 Å². The average Bonchev–Trinajstić information content (AvgIpc) is 2.42. The predicted octanol–water partition coefficient (Wildman–Crippen LogP) is 2.56. The molecule has 0 spiro atoms. The Hall–Kier alpha value is -1.68. The number of anilines is 1. The second-order valence-corrected chi connectivity index (χ2v) is 4.38. The molecule has 0 aliphatic heterocycles. The lowest BCUT2D eigenvalue weighted by atomic mass is 10.2. The van der Waals surface area contributed by atoms with Crippen molar-refractivity contribution in [1.29, 1.82) is 0 Å². The van der Waals surface area contributed by atoms with E-state index in [1.54, 1.807) is 0 Å². The highest BCUT2D eigenvalue weighted by atomic mass is 15.1. The van der Waals surface area contributed by atoms with Gasteiger partial charge < -0.3 is 11.1 Å². The maximum absolute atomic E-state index is 5.45. The number of rotatable bonds is 7. The molecule has 1 aromatic heterocycles. The van der Waals surface area contributed by atoms with E-state index in [-0.39, 0.29) is 0 Å². The number of nitrogens with zero attached hydrogens (tertiary/aromatic N) is 2. The van der Waals surface area contributed by atoms with Crippen LogP contribution in [0.3, 0.4) is 0 Å². The Kier molecular flexibility index (Phi) is 4.90. The number of nitrogens with one attached hydrogen (secondary N) is 1. The van der Waals surface area contributed by atoms with Crippen molar-refractivity contribution < 1.29 is 0 Å². The normalized spacial score (nSPS) is 10.7. The first-order valence-corrected chi connectivity index (χ1v) is 6.56. The topological polar surface area (TPSA) is 63.8 Å². The van der Waals surface area contributed by atoms with Crippen LogP contribution in [0.2, 0.25) is 0 Å². The molecule has 4 nitrogen and oxygen atoms in total. The lowest BCUT2D eigenvalue weighted by Crippen LogP contribution is -2.05. The van der Waals surface area contributed by atoms with Crippen LogP contribution in [0, 0.1) is 0 Å². The molecule has 0 amide bonds. The summed E-state index contributed by atoms with van der Waals surface area (Å²) >= 11 is 0. The molecule has 0 aliphatic rings. The molecule has 0 fully saturated rings. The standard InChI is InChI=1S/C14H20N4/c15-9-5-1-2-6-10-16-14-17-11-12-7-3-4-8-13(12)18-14/h3-4,7-8,11H,1-2,5-6,9-10,15H2,(H,16,17,18). The number of hydrogen-bond donors (Lipinski definition) is 2. The van der Waals surface area contributed by atoms with Gasteiger partial charge in [-0.15, -0.1) is 0 Å². The summed E-state index contributed by atoms with van der Waals surface area (Å²) in [6, 6.07) is 8.01. The molecule has 0 radical (unpaired) electrons. The van der Waals surface area contributed by atoms with Crippen molar-refractivity contribution >= 4 is 16.9 Å². The van der Waals surface area contributed by atoms with Crippen molar-refractivity contribution in [1.82, 2.24) is 9.97 Å². The molecule has 0 atom stereocenters. The number of benzene rings is 1. The first kappa shape index (κ1) is 12.8. The maximum Gasteiger partial charge on any atom is 0.223 e. The molecule has 0 unspecified atom stereocenters. The molecule has 4 heteroatoms. The third kappa shape index (κ3) is 3.67. The molecule has 2 rings (SSSR count). The SMILES string of the molecule is NCCCCCCNc1ncc2ccccc2n1. The second kappa shape index (κ2) is 6.91. The van der Waals surface area contributed by atoms with Crippen molar-refractivity contribution in [2.45, 2.75) is 25.7 Å². The van der Waals surface area contributed by atoms with Gasteiger partial charge in [0.2, 0.25) is 5.95 Å². The Bertz CT molecular complexity index is 484. The van der Waals surface area contributed by atoms with Gasteiger partial charge in [0.25, 0.3) is 0 Å². The van der Waals surface area contributed by atoms with Gasteiger partial charge in [-0.05, 0) is 25.5 Å². The van der Waals surface area contributed by atoms with Crippen molar-refractivity contribution in [3.8, 4) is 0 Å². The summed E-state index contributed by atoms with van der Waals surface area (Å²) in [6.07, 6.45) is 6.52. The summed E-state index contributed by atoms with van der Waals surface area (Å²) in [7, 11) is 0. The van der Waals surface area contributed by atoms with E-state index in [0.29, 0.717) is 5.95 Å². The molecular formula is C14H20N4. The minimum Gasteiger partial charge on any atom is -0.354 e. The van der Waals surface area contributed by atoms with Crippen LogP contribution < -0.4 is 11.1 Å². The zero-order valence-electron chi connectivity index (χ0n) is 10.6. The van der Waals surface area contributed by atoms with Gasteiger partial charge in [-0.1, -0.05) is 31.0 Å². The summed E-state index contributed by atoms with van der Waals surface area (Å²) in [5, 5.41) is 4.34. The van der Waals surface area contributed by atoms with Gasteiger partial charge in [0.1, 0.15) is 0 Å². The monoisotopic (exact) mass is 244 g/mol. The molecule has 0 saturated carbocycles. The molecule has 0 saturated heterocycles. The van der Waals surface area contributed by atoms with Gasteiger partial charge in [0.05, 0.1) is 5.52 Å². The van der Waals surface area contributed by atoms with Gasteiger partial charge in [0, 0.05) is 18.1 Å². The number of aromatic nitrogens is 2. The average molecular weight is 244 g/mol. The molecule has 0 bridgehead atoms. The number of nitrogens with two attached hydrogens (primary N) is 1. The Morgan fingerprint density at radius 1 is 1.06 bits per heavy atom. The zero-order chi connectivity index (χ0) is 12.6. The minimum absolute atomic E-state index is 0.715. The highest BCUT2D eigenvalue weighted by Gasteiger charge is 1.98. The smallest absolute Gasteiger partial charge is 0.223 e. The molecule has 0 aliphatic carbocycles. The van der Waals surface area contributed by atoms with Gasteiger partial charge >= 0.3 is 0 Å². The summed E-state index contributed by atoms with van der Waals surface area (Å²) < 4.78 is 0. The number of hydrogen-bond acceptors (Lipinski definition) is 4. The van der Waals surface area contributed by atoms with Crippen LogP contribution in [0.15, 0.2) is 30.5 Å². The molecule has 18 heavy (non-hydrogen) atoms. The fourth-order valence-electron chi connectivity index (χ4n) is 1.88. The number of para-hydroxylation sites is 1. The Balaban J connectivity index is 1.81. The molecule has 1 aromatic carbocycles. The Morgan fingerprint density at radius 2 is 1.89 bits per heavy atom. The minimum atomic E-state index is 0.715. The van der Waals surface area contributed by atoms with Crippen molar-refractivity contribution in [3.63, 3.8) is 0 Å². The van der Waals surface area contributed by atoms with Crippen LogP contribution in [-0.4, -0.2) is 23.1 Å². The lowest BCUT2D eigenvalue weighted by Gasteiger charge is -2.05. The molecule has 2 aromatic rings. The van der Waals surface area contributed by atoms with E-state index in [9.17, 15) is 0 Å². The van der Waals surface area contributed by atoms with E-state index in [4.69, 9.17) is 5.73 Å². The van der Waals surface area contributed by atoms with E-state index in [0.717, 1.165) is 36.8 Å². The fourth-order valence-corrected chi connectivity index (χ4v) is 1.88. The quantitative estimate of drug-likeness (QED) is 0.735. The van der Waals surface area contributed by atoms with Crippen molar-refractivity contribution in [3.05, 3.63) is 30.5 Å². The van der Waals surface area contributed by atoms with E-state index in [2.05, 4.69) is 15.3 Å². The Morgan fingerprint density at radius 3 is 2.78 bits per heavy atom. The predicted molar refractivity (Wildman–Crippen MR) is 75.6 cm³/mol.